The van der Waals surface area contributed by atoms with E-state index in [-0.39, 0.29) is 23.3 Å². The summed E-state index contributed by atoms with van der Waals surface area (Å²) in [6, 6.07) is 10.1. The van der Waals surface area contributed by atoms with Gasteiger partial charge >= 0.3 is 6.03 Å². The number of nitrogens with one attached hydrogen (secondary N) is 3. The van der Waals surface area contributed by atoms with Crippen LogP contribution in [0.4, 0.5) is 14.9 Å². The van der Waals surface area contributed by atoms with Gasteiger partial charge in [-0.25, -0.2) is 9.18 Å². The van der Waals surface area contributed by atoms with Crippen molar-refractivity contribution < 1.29 is 18.8 Å². The van der Waals surface area contributed by atoms with Crippen LogP contribution in [0.2, 0.25) is 0 Å². The van der Waals surface area contributed by atoms with E-state index in [1.165, 1.54) is 24.3 Å². The van der Waals surface area contributed by atoms with E-state index in [0.29, 0.717) is 17.7 Å². The van der Waals surface area contributed by atoms with E-state index in [0.717, 1.165) is 5.56 Å². The van der Waals surface area contributed by atoms with Crippen molar-refractivity contribution in [3.63, 3.8) is 0 Å². The minimum atomic E-state index is -0.476. The maximum Gasteiger partial charge on any atom is 0.319 e. The summed E-state index contributed by atoms with van der Waals surface area (Å²) < 4.78 is 13.1. The number of halogens is 1. The number of hydrogen-bond donors (Lipinski definition) is 3. The maximum atomic E-state index is 13.1. The van der Waals surface area contributed by atoms with Gasteiger partial charge in [0.2, 0.25) is 0 Å². The highest BCUT2D eigenvalue weighted by atomic mass is 19.1. The third-order valence-electron chi connectivity index (χ3n) is 4.48. The van der Waals surface area contributed by atoms with Crippen LogP contribution in [0.5, 0.6) is 0 Å². The van der Waals surface area contributed by atoms with E-state index in [2.05, 4.69) is 16.0 Å². The van der Waals surface area contributed by atoms with E-state index in [1.54, 1.807) is 18.2 Å². The zero-order valence-corrected chi connectivity index (χ0v) is 15.0. The van der Waals surface area contributed by atoms with E-state index in [4.69, 9.17) is 0 Å². The fraction of sp³-hybridized carbons (Fsp3) is 0.250. The zero-order valence-electron chi connectivity index (χ0n) is 15.0. The van der Waals surface area contributed by atoms with Crippen LogP contribution in [-0.2, 0) is 6.42 Å². The number of anilines is 1. The summed E-state index contributed by atoms with van der Waals surface area (Å²) in [4.78, 5) is 35.7. The summed E-state index contributed by atoms with van der Waals surface area (Å²) in [7, 11) is 0. The predicted octanol–water partition coefficient (Wildman–Crippen LogP) is 3.10. The van der Waals surface area contributed by atoms with Gasteiger partial charge in [-0.3, -0.25) is 14.9 Å². The fourth-order valence-corrected chi connectivity index (χ4v) is 2.91. The molecule has 0 spiro atoms. The molecule has 27 heavy (non-hydrogen) atoms. The second kappa shape index (κ2) is 7.57. The number of carbonyl (C=O) groups is 3. The molecule has 1 heterocycles. The first-order valence-electron chi connectivity index (χ1n) is 8.65. The molecule has 0 aliphatic carbocycles. The molecule has 1 aliphatic rings. The lowest BCUT2D eigenvalue weighted by molar-refractivity contribution is 0.0879. The van der Waals surface area contributed by atoms with Gasteiger partial charge in [-0.05, 0) is 48.2 Å². The maximum absolute atomic E-state index is 13.1. The van der Waals surface area contributed by atoms with Crippen LogP contribution >= 0.6 is 0 Å². The molecule has 0 aromatic heterocycles. The van der Waals surface area contributed by atoms with Crippen molar-refractivity contribution in [3.8, 4) is 0 Å². The van der Waals surface area contributed by atoms with Gasteiger partial charge in [-0.15, -0.1) is 0 Å². The molecule has 0 unspecified atom stereocenters. The molecule has 1 aliphatic heterocycles. The Morgan fingerprint density at radius 1 is 1.04 bits per heavy atom. The largest absolute Gasteiger partial charge is 0.335 e. The molecule has 0 bridgehead atoms. The second-order valence-electron chi connectivity index (χ2n) is 6.82. The second-order valence-corrected chi connectivity index (χ2v) is 6.82. The van der Waals surface area contributed by atoms with Crippen LogP contribution in [-0.4, -0.2) is 23.9 Å². The Kier molecular flexibility index (Phi) is 5.21. The van der Waals surface area contributed by atoms with Crippen molar-refractivity contribution in [2.75, 3.05) is 5.32 Å². The van der Waals surface area contributed by atoms with Gasteiger partial charge in [0.15, 0.2) is 0 Å². The number of amides is 4. The van der Waals surface area contributed by atoms with Crippen LogP contribution in [0.25, 0.3) is 0 Å². The number of benzene rings is 2. The quantitative estimate of drug-likeness (QED) is 0.708. The average molecular weight is 369 g/mol. The average Bonchev–Trinajstić information content (AvgIpc) is 2.90. The third kappa shape index (κ3) is 4.31. The van der Waals surface area contributed by atoms with E-state index >= 15 is 0 Å². The van der Waals surface area contributed by atoms with Gasteiger partial charge in [0, 0.05) is 11.7 Å². The van der Waals surface area contributed by atoms with Gasteiger partial charge in [0.25, 0.3) is 11.8 Å². The monoisotopic (exact) mass is 369 g/mol. The first-order chi connectivity index (χ1) is 12.8. The standard InChI is InChI=1S/C20H20FN3O3/c1-11(2)17(9-12-3-5-13(21)6-4-12)23-20(27)22-14-7-8-15-16(10-14)19(26)24-18(15)25/h3-8,10-11,17H,9H2,1-2H3,(H2,22,23,27)(H,24,25,26)/t17-/m1/s1. The fourth-order valence-electron chi connectivity index (χ4n) is 2.91. The van der Waals surface area contributed by atoms with Crippen molar-refractivity contribution in [1.29, 1.82) is 0 Å². The van der Waals surface area contributed by atoms with Crippen LogP contribution in [0.3, 0.4) is 0 Å². The minimum Gasteiger partial charge on any atom is -0.335 e. The number of imide groups is 1. The molecule has 3 N–H and O–H groups in total. The normalized spacial score (nSPS) is 13.9. The Balaban J connectivity index is 1.66. The van der Waals surface area contributed by atoms with Crippen molar-refractivity contribution >= 4 is 23.5 Å². The Morgan fingerprint density at radius 2 is 1.70 bits per heavy atom. The molecule has 6 nitrogen and oxygen atoms in total. The molecule has 3 rings (SSSR count). The molecule has 2 aromatic rings. The van der Waals surface area contributed by atoms with Crippen LogP contribution in [0.15, 0.2) is 42.5 Å². The first kappa shape index (κ1) is 18.6. The van der Waals surface area contributed by atoms with Crippen molar-refractivity contribution in [1.82, 2.24) is 10.6 Å². The van der Waals surface area contributed by atoms with Gasteiger partial charge < -0.3 is 10.6 Å². The minimum absolute atomic E-state index is 0.157. The third-order valence-corrected chi connectivity index (χ3v) is 4.48. The summed E-state index contributed by atoms with van der Waals surface area (Å²) in [5.74, 6) is -1.06. The molecule has 140 valence electrons. The Bertz CT molecular complexity index is 894. The highest BCUT2D eigenvalue weighted by Crippen LogP contribution is 2.20. The first-order valence-corrected chi connectivity index (χ1v) is 8.65. The van der Waals surface area contributed by atoms with Gasteiger partial charge in [0.1, 0.15) is 5.82 Å². The highest BCUT2D eigenvalue weighted by Gasteiger charge is 2.27. The van der Waals surface area contributed by atoms with Gasteiger partial charge in [-0.2, -0.15) is 0 Å². The summed E-state index contributed by atoms with van der Waals surface area (Å²) in [6.45, 7) is 3.97. The number of carbonyl (C=O) groups excluding carboxylic acids is 3. The van der Waals surface area contributed by atoms with E-state index < -0.39 is 17.8 Å². The van der Waals surface area contributed by atoms with E-state index in [1.807, 2.05) is 13.8 Å². The Hall–Kier alpha value is -3.22. The molecule has 0 radical (unpaired) electrons. The molecule has 0 saturated heterocycles. The molecule has 0 saturated carbocycles. The number of urea groups is 1. The van der Waals surface area contributed by atoms with Crippen LogP contribution in [0.1, 0.15) is 40.1 Å². The smallest absolute Gasteiger partial charge is 0.319 e. The van der Waals surface area contributed by atoms with Gasteiger partial charge in [0.05, 0.1) is 11.1 Å². The van der Waals surface area contributed by atoms with Crippen molar-refractivity contribution in [3.05, 3.63) is 65.0 Å². The summed E-state index contributed by atoms with van der Waals surface area (Å²) in [5, 5.41) is 7.80. The lowest BCUT2D eigenvalue weighted by Crippen LogP contribution is -2.42. The predicted molar refractivity (Wildman–Crippen MR) is 99.1 cm³/mol. The SMILES string of the molecule is CC(C)[C@@H](Cc1ccc(F)cc1)NC(=O)Nc1ccc2c(c1)C(=O)NC2=O. The molecular weight excluding hydrogens is 349 g/mol. The van der Waals surface area contributed by atoms with E-state index in [9.17, 15) is 18.8 Å². The summed E-state index contributed by atoms with van der Waals surface area (Å²) in [6.07, 6.45) is 0.562. The van der Waals surface area contributed by atoms with Gasteiger partial charge in [-0.1, -0.05) is 26.0 Å². The Labute approximate surface area is 156 Å². The van der Waals surface area contributed by atoms with Crippen molar-refractivity contribution in [2.24, 2.45) is 5.92 Å². The lowest BCUT2D eigenvalue weighted by atomic mass is 9.96. The molecule has 7 heteroatoms. The molecular formula is C20H20FN3O3. The number of hydrogen-bond acceptors (Lipinski definition) is 3. The summed E-state index contributed by atoms with van der Waals surface area (Å²) in [5.41, 5.74) is 1.87. The Morgan fingerprint density at radius 3 is 2.37 bits per heavy atom. The number of fused-ring (bicyclic) bond motifs is 1. The van der Waals surface area contributed by atoms with Crippen LogP contribution < -0.4 is 16.0 Å². The zero-order chi connectivity index (χ0) is 19.6. The molecule has 0 fully saturated rings. The summed E-state index contributed by atoms with van der Waals surface area (Å²) >= 11 is 0. The number of rotatable bonds is 5. The topological polar surface area (TPSA) is 87.3 Å². The molecule has 1 atom stereocenters. The molecule has 2 aromatic carbocycles. The lowest BCUT2D eigenvalue weighted by Gasteiger charge is -2.23. The van der Waals surface area contributed by atoms with Crippen LogP contribution in [0, 0.1) is 11.7 Å². The van der Waals surface area contributed by atoms with Crippen molar-refractivity contribution in [2.45, 2.75) is 26.3 Å². The molecule has 4 amide bonds. The highest BCUT2D eigenvalue weighted by molar-refractivity contribution is 6.22.